The molecule has 0 fully saturated rings. The second-order valence-corrected chi connectivity index (χ2v) is 9.87. The smallest absolute Gasteiger partial charge is 0.297 e. The number of amidine groups is 1. The summed E-state index contributed by atoms with van der Waals surface area (Å²) < 4.78 is 29.1. The van der Waals surface area contributed by atoms with Crippen LogP contribution in [-0.2, 0) is 14.3 Å². The molecule has 0 amide bonds. The van der Waals surface area contributed by atoms with Gasteiger partial charge >= 0.3 is 0 Å². The van der Waals surface area contributed by atoms with Gasteiger partial charge < -0.3 is 5.11 Å². The van der Waals surface area contributed by atoms with Crippen LogP contribution in [0.5, 0.6) is 5.75 Å². The first-order valence-corrected chi connectivity index (χ1v) is 12.8. The Bertz CT molecular complexity index is 1450. The van der Waals surface area contributed by atoms with E-state index in [-0.39, 0.29) is 16.7 Å². The van der Waals surface area contributed by atoms with Gasteiger partial charge in [-0.25, -0.2) is 0 Å². The first-order chi connectivity index (χ1) is 17.2. The fourth-order valence-electron chi connectivity index (χ4n) is 3.63. The van der Waals surface area contributed by atoms with Crippen molar-refractivity contribution in [1.29, 1.82) is 0 Å². The van der Waals surface area contributed by atoms with Crippen molar-refractivity contribution in [2.45, 2.75) is 31.8 Å². The van der Waals surface area contributed by atoms with Gasteiger partial charge in [0.05, 0.1) is 17.5 Å². The molecule has 1 heterocycles. The minimum Gasteiger partial charge on any atom is -0.508 e. The fraction of sp³-hybridized carbons (Fsp3) is 0.148. The number of phenols is 1. The van der Waals surface area contributed by atoms with Crippen molar-refractivity contribution in [2.75, 3.05) is 10.2 Å². The molecule has 36 heavy (non-hydrogen) atoms. The molecule has 0 aromatic heterocycles. The highest BCUT2D eigenvalue weighted by Crippen LogP contribution is 2.26. The highest BCUT2D eigenvalue weighted by Gasteiger charge is 2.23. The molecule has 0 radical (unpaired) electrons. The number of para-hydroxylation sites is 1. The van der Waals surface area contributed by atoms with Crippen molar-refractivity contribution >= 4 is 38.1 Å². The number of rotatable bonds is 5. The molecule has 0 atom stereocenters. The minimum absolute atomic E-state index is 0.226. The molecule has 0 saturated carbocycles. The van der Waals surface area contributed by atoms with E-state index in [1.165, 1.54) is 0 Å². The van der Waals surface area contributed by atoms with Gasteiger partial charge in [0.1, 0.15) is 16.5 Å². The van der Waals surface area contributed by atoms with Crippen LogP contribution in [0.4, 0.5) is 11.4 Å². The molecule has 0 saturated heterocycles. The van der Waals surface area contributed by atoms with Crippen LogP contribution in [0.1, 0.15) is 20.8 Å². The Kier molecular flexibility index (Phi) is 7.42. The van der Waals surface area contributed by atoms with Crippen LogP contribution in [-0.4, -0.2) is 25.5 Å². The highest BCUT2D eigenvalue weighted by atomic mass is 32.2. The number of anilines is 2. The molecular weight excluding hydrogens is 476 g/mol. The maximum absolute atomic E-state index is 12.0. The number of nitrogens with one attached hydrogen (secondary N) is 1. The summed E-state index contributed by atoms with van der Waals surface area (Å²) in [5.41, 5.74) is 5.02. The first-order valence-electron chi connectivity index (χ1n) is 11.4. The van der Waals surface area contributed by atoms with E-state index in [9.17, 15) is 13.5 Å². The minimum atomic E-state index is -3.69. The molecule has 4 aromatic rings. The topological polar surface area (TPSA) is 94.5 Å². The van der Waals surface area contributed by atoms with Gasteiger partial charge in [-0.15, -0.1) is 5.10 Å². The van der Waals surface area contributed by atoms with Crippen LogP contribution in [0.25, 0.3) is 10.8 Å². The van der Waals surface area contributed by atoms with Crippen LogP contribution in [0, 0.1) is 0 Å². The normalized spacial score (nSPS) is 13.3. The van der Waals surface area contributed by atoms with Crippen molar-refractivity contribution in [3.05, 3.63) is 97.1 Å². The Labute approximate surface area is 211 Å². The summed E-state index contributed by atoms with van der Waals surface area (Å²) >= 11 is 0. The predicted octanol–water partition coefficient (Wildman–Crippen LogP) is 5.43. The lowest BCUT2D eigenvalue weighted by molar-refractivity contribution is 0.249. The molecule has 5 rings (SSSR count). The van der Waals surface area contributed by atoms with E-state index in [1.807, 2.05) is 78.8 Å². The SMILES string of the molecule is CC(C)OS(=O)(=O)c1cccc2ccccc12.CC1=NN(c2ccccc2)N(c2ccc(O)cc2)N1. The summed E-state index contributed by atoms with van der Waals surface area (Å²) in [6.07, 6.45) is -0.362. The van der Waals surface area contributed by atoms with Crippen molar-refractivity contribution in [1.82, 2.24) is 5.43 Å². The molecule has 9 heteroatoms. The van der Waals surface area contributed by atoms with Crippen LogP contribution in [0.3, 0.4) is 0 Å². The molecule has 4 aromatic carbocycles. The summed E-state index contributed by atoms with van der Waals surface area (Å²) in [7, 11) is -3.69. The van der Waals surface area contributed by atoms with Gasteiger partial charge in [0, 0.05) is 5.39 Å². The van der Waals surface area contributed by atoms with E-state index >= 15 is 0 Å². The predicted molar refractivity (Wildman–Crippen MR) is 143 cm³/mol. The van der Waals surface area contributed by atoms with Gasteiger partial charge in [-0.2, -0.15) is 18.7 Å². The standard InChI is InChI=1S/C14H14N4O.C13H14O3S/c1-11-15-17(12-5-3-2-4-6-12)18(16-11)13-7-9-14(19)10-8-13;1-10(2)16-17(14,15)13-9-5-7-11-6-3-4-8-12(11)13/h2-10,19H,1H3,(H,15,16);3-10H,1-2H3. The lowest BCUT2D eigenvalue weighted by Gasteiger charge is -2.27. The van der Waals surface area contributed by atoms with Crippen molar-refractivity contribution in [3.8, 4) is 5.75 Å². The van der Waals surface area contributed by atoms with Gasteiger partial charge in [-0.1, -0.05) is 54.6 Å². The third kappa shape index (κ3) is 5.76. The third-order valence-electron chi connectivity index (χ3n) is 5.12. The lowest BCUT2D eigenvalue weighted by Crippen LogP contribution is -2.44. The van der Waals surface area contributed by atoms with Crippen molar-refractivity contribution in [3.63, 3.8) is 0 Å². The van der Waals surface area contributed by atoms with Crippen molar-refractivity contribution in [2.24, 2.45) is 5.10 Å². The second kappa shape index (κ2) is 10.7. The number of nitrogens with zero attached hydrogens (tertiary/aromatic N) is 3. The molecule has 1 aliphatic heterocycles. The molecule has 0 aliphatic carbocycles. The van der Waals surface area contributed by atoms with Crippen LogP contribution >= 0.6 is 0 Å². The summed E-state index contributed by atoms with van der Waals surface area (Å²) in [4.78, 5) is 0.226. The van der Waals surface area contributed by atoms with Gasteiger partial charge in [-0.05, 0) is 68.6 Å². The summed E-state index contributed by atoms with van der Waals surface area (Å²) in [5, 5.41) is 19.0. The Balaban J connectivity index is 0.000000170. The van der Waals surface area contributed by atoms with E-state index in [0.29, 0.717) is 5.39 Å². The Morgan fingerprint density at radius 2 is 1.47 bits per heavy atom. The monoisotopic (exact) mass is 504 g/mol. The molecular formula is C27H28N4O4S. The van der Waals surface area contributed by atoms with E-state index in [1.54, 1.807) is 49.3 Å². The molecule has 2 N–H and O–H groups in total. The van der Waals surface area contributed by atoms with E-state index in [4.69, 9.17) is 4.18 Å². The van der Waals surface area contributed by atoms with E-state index < -0.39 is 10.1 Å². The lowest BCUT2D eigenvalue weighted by atomic mass is 10.1. The number of hydrazone groups is 1. The van der Waals surface area contributed by atoms with E-state index in [2.05, 4.69) is 10.5 Å². The number of hydrogen-bond donors (Lipinski definition) is 2. The second-order valence-electron chi connectivity index (χ2n) is 8.33. The largest absolute Gasteiger partial charge is 0.508 e. The summed E-state index contributed by atoms with van der Waals surface area (Å²) in [5.74, 6) is 1.05. The number of fused-ring (bicyclic) bond motifs is 1. The molecule has 1 aliphatic rings. The van der Waals surface area contributed by atoms with Crippen molar-refractivity contribution < 1.29 is 17.7 Å². The fourth-order valence-corrected chi connectivity index (χ4v) is 4.94. The average molecular weight is 505 g/mol. The number of aromatic hydroxyl groups is 1. The quantitative estimate of drug-likeness (QED) is 0.350. The van der Waals surface area contributed by atoms with Crippen LogP contribution in [0.2, 0.25) is 0 Å². The maximum Gasteiger partial charge on any atom is 0.297 e. The Morgan fingerprint density at radius 3 is 2.17 bits per heavy atom. The summed E-state index contributed by atoms with van der Waals surface area (Å²) in [6.45, 7) is 5.29. The number of benzene rings is 4. The zero-order valence-electron chi connectivity index (χ0n) is 20.2. The maximum atomic E-state index is 12.0. The molecule has 0 spiro atoms. The van der Waals surface area contributed by atoms with Gasteiger partial charge in [0.25, 0.3) is 10.1 Å². The van der Waals surface area contributed by atoms with Gasteiger partial charge in [0.15, 0.2) is 0 Å². The molecule has 0 bridgehead atoms. The molecule has 8 nitrogen and oxygen atoms in total. The van der Waals surface area contributed by atoms with E-state index in [0.717, 1.165) is 22.6 Å². The van der Waals surface area contributed by atoms with Crippen LogP contribution in [0.15, 0.2) is 107 Å². The van der Waals surface area contributed by atoms with Gasteiger partial charge in [0.2, 0.25) is 0 Å². The number of hydrazine groups is 2. The zero-order valence-corrected chi connectivity index (χ0v) is 21.1. The molecule has 0 unspecified atom stereocenters. The first kappa shape index (κ1) is 25.0. The molecule has 186 valence electrons. The highest BCUT2D eigenvalue weighted by molar-refractivity contribution is 7.87. The Morgan fingerprint density at radius 1 is 0.833 bits per heavy atom. The van der Waals surface area contributed by atoms with Gasteiger partial charge in [-0.3, -0.25) is 9.61 Å². The number of hydrogen-bond acceptors (Lipinski definition) is 8. The van der Waals surface area contributed by atoms with Crippen LogP contribution < -0.4 is 15.7 Å². The average Bonchev–Trinajstić information content (AvgIpc) is 3.26. The zero-order chi connectivity index (χ0) is 25.7. The summed E-state index contributed by atoms with van der Waals surface area (Å²) in [6, 6.07) is 29.3. The third-order valence-corrected chi connectivity index (χ3v) is 6.65. The Hall–Kier alpha value is -4.08. The number of phenolic OH excluding ortho intramolecular Hbond substituents is 1.